The molecule has 1 heterocycles. The third-order valence-corrected chi connectivity index (χ3v) is 3.20. The fourth-order valence-corrected chi connectivity index (χ4v) is 1.93. The normalized spacial score (nSPS) is 12.2. The summed E-state index contributed by atoms with van der Waals surface area (Å²) in [5.41, 5.74) is 0.876. The first-order chi connectivity index (χ1) is 9.04. The number of nitrogens with one attached hydrogen (secondary N) is 1. The quantitative estimate of drug-likeness (QED) is 0.732. The van der Waals surface area contributed by atoms with Gasteiger partial charge in [0.05, 0.1) is 0 Å². The second-order valence-electron chi connectivity index (χ2n) is 4.34. The van der Waals surface area contributed by atoms with E-state index in [-0.39, 0.29) is 0 Å². The van der Waals surface area contributed by atoms with Gasteiger partial charge in [0.15, 0.2) is 0 Å². The molecule has 0 aromatic carbocycles. The Morgan fingerprint density at radius 2 is 2.11 bits per heavy atom. The van der Waals surface area contributed by atoms with Crippen LogP contribution in [0.3, 0.4) is 0 Å². The largest absolute Gasteiger partial charge is 0.480 e. The minimum Gasteiger partial charge on any atom is -0.480 e. The molecule has 0 saturated carbocycles. The molecule has 0 aliphatic rings. The number of carboxylic acids is 1. The molecule has 0 aliphatic heterocycles. The monoisotopic (exact) mass is 284 g/mol. The maximum absolute atomic E-state index is 11.1. The molecule has 1 aromatic rings. The first kappa shape index (κ1) is 15.7. The summed E-state index contributed by atoms with van der Waals surface area (Å²) in [6.45, 7) is 0.457. The van der Waals surface area contributed by atoms with Crippen molar-refractivity contribution in [1.29, 1.82) is 0 Å². The van der Waals surface area contributed by atoms with E-state index in [1.165, 1.54) is 0 Å². The molecule has 0 bridgehead atoms. The third-order valence-electron chi connectivity index (χ3n) is 2.55. The van der Waals surface area contributed by atoms with Crippen molar-refractivity contribution in [3.05, 3.63) is 18.0 Å². The summed E-state index contributed by atoms with van der Waals surface area (Å²) in [6, 6.07) is -0.527. The number of thioether (sulfide) groups is 1. The average molecular weight is 284 g/mol. The fourth-order valence-electron chi connectivity index (χ4n) is 1.46. The fraction of sp³-hybridized carbons (Fsp3) is 0.583. The van der Waals surface area contributed by atoms with Crippen molar-refractivity contribution in [3.63, 3.8) is 0 Å². The molecule has 7 heteroatoms. The zero-order valence-corrected chi connectivity index (χ0v) is 12.3. The molecule has 0 unspecified atom stereocenters. The van der Waals surface area contributed by atoms with Crippen LogP contribution in [0.4, 0.5) is 5.95 Å². The Morgan fingerprint density at radius 1 is 1.47 bits per heavy atom. The summed E-state index contributed by atoms with van der Waals surface area (Å²) in [6.07, 6.45) is 5.99. The molecular weight excluding hydrogens is 264 g/mol. The van der Waals surface area contributed by atoms with Crippen LogP contribution in [0.15, 0.2) is 12.4 Å². The minimum atomic E-state index is -0.820. The maximum Gasteiger partial charge on any atom is 0.320 e. The summed E-state index contributed by atoms with van der Waals surface area (Å²) in [5.74, 6) is 0.640. The van der Waals surface area contributed by atoms with E-state index in [2.05, 4.69) is 15.3 Å². The molecule has 0 fully saturated rings. The molecule has 1 rings (SSSR count). The van der Waals surface area contributed by atoms with E-state index < -0.39 is 12.0 Å². The topological polar surface area (TPSA) is 78.4 Å². The van der Waals surface area contributed by atoms with Gasteiger partial charge in [-0.2, -0.15) is 11.8 Å². The van der Waals surface area contributed by atoms with E-state index in [0.29, 0.717) is 18.9 Å². The molecular formula is C12H20N4O2S. The number of aromatic nitrogens is 2. The van der Waals surface area contributed by atoms with Crippen LogP contribution < -0.4 is 10.2 Å². The summed E-state index contributed by atoms with van der Waals surface area (Å²) in [4.78, 5) is 21.2. The number of aliphatic carboxylic acids is 1. The highest BCUT2D eigenvalue weighted by Crippen LogP contribution is 2.05. The van der Waals surface area contributed by atoms with Gasteiger partial charge in [0.2, 0.25) is 5.95 Å². The standard InChI is InChI=1S/C12H20N4O2S/c1-16(2)12-14-7-9(8-15-12)6-13-10(11(17)18)4-5-19-3/h7-8,10,13H,4-6H2,1-3H3,(H,17,18)/t10-/m0/s1. The van der Waals surface area contributed by atoms with Crippen LogP contribution in [0.5, 0.6) is 0 Å². The van der Waals surface area contributed by atoms with Gasteiger partial charge in [-0.3, -0.25) is 4.79 Å². The van der Waals surface area contributed by atoms with Gasteiger partial charge in [-0.15, -0.1) is 0 Å². The Balaban J connectivity index is 2.51. The van der Waals surface area contributed by atoms with Crippen LogP contribution >= 0.6 is 11.8 Å². The zero-order valence-electron chi connectivity index (χ0n) is 11.5. The van der Waals surface area contributed by atoms with Gasteiger partial charge in [-0.05, 0) is 18.4 Å². The number of hydrogen-bond acceptors (Lipinski definition) is 6. The molecule has 1 atom stereocenters. The molecule has 2 N–H and O–H groups in total. The smallest absolute Gasteiger partial charge is 0.320 e. The lowest BCUT2D eigenvalue weighted by atomic mass is 10.2. The van der Waals surface area contributed by atoms with Gasteiger partial charge in [0.25, 0.3) is 0 Å². The van der Waals surface area contributed by atoms with Crippen molar-refractivity contribution >= 4 is 23.7 Å². The van der Waals surface area contributed by atoms with Crippen LogP contribution in [0.2, 0.25) is 0 Å². The maximum atomic E-state index is 11.1. The Morgan fingerprint density at radius 3 is 2.58 bits per heavy atom. The second kappa shape index (κ2) is 7.96. The van der Waals surface area contributed by atoms with E-state index in [4.69, 9.17) is 5.11 Å². The van der Waals surface area contributed by atoms with E-state index in [0.717, 1.165) is 11.3 Å². The third kappa shape index (κ3) is 5.44. The second-order valence-corrected chi connectivity index (χ2v) is 5.32. The van der Waals surface area contributed by atoms with Gasteiger partial charge in [0.1, 0.15) is 6.04 Å². The lowest BCUT2D eigenvalue weighted by molar-refractivity contribution is -0.139. The molecule has 0 spiro atoms. The van der Waals surface area contributed by atoms with Gasteiger partial charge in [-0.25, -0.2) is 9.97 Å². The molecule has 19 heavy (non-hydrogen) atoms. The van der Waals surface area contributed by atoms with Crippen molar-refractivity contribution in [2.45, 2.75) is 19.0 Å². The average Bonchev–Trinajstić information content (AvgIpc) is 2.39. The van der Waals surface area contributed by atoms with Gasteiger partial charge >= 0.3 is 5.97 Å². The predicted octanol–water partition coefficient (Wildman–Crippen LogP) is 0.838. The summed E-state index contributed by atoms with van der Waals surface area (Å²) >= 11 is 1.64. The number of carbonyl (C=O) groups is 1. The van der Waals surface area contributed by atoms with Crippen LogP contribution in [0.25, 0.3) is 0 Å². The highest BCUT2D eigenvalue weighted by Gasteiger charge is 2.15. The molecule has 106 valence electrons. The molecule has 0 saturated heterocycles. The lowest BCUT2D eigenvalue weighted by Gasteiger charge is -2.14. The first-order valence-electron chi connectivity index (χ1n) is 5.98. The number of anilines is 1. The summed E-state index contributed by atoms with van der Waals surface area (Å²) in [5, 5.41) is 12.1. The van der Waals surface area contributed by atoms with Crippen LogP contribution in [0, 0.1) is 0 Å². The van der Waals surface area contributed by atoms with Crippen LogP contribution in [0.1, 0.15) is 12.0 Å². The highest BCUT2D eigenvalue weighted by molar-refractivity contribution is 7.98. The van der Waals surface area contributed by atoms with E-state index in [9.17, 15) is 4.79 Å². The molecule has 0 aliphatic carbocycles. The predicted molar refractivity (Wildman–Crippen MR) is 77.6 cm³/mol. The number of nitrogens with zero attached hydrogens (tertiary/aromatic N) is 3. The van der Waals surface area contributed by atoms with Crippen LogP contribution in [-0.2, 0) is 11.3 Å². The SMILES string of the molecule is CSCC[C@H](NCc1cnc(N(C)C)nc1)C(=O)O. The van der Waals surface area contributed by atoms with Gasteiger partial charge < -0.3 is 15.3 Å². The Kier molecular flexibility index (Phi) is 6.58. The van der Waals surface area contributed by atoms with Crippen molar-refractivity contribution < 1.29 is 9.90 Å². The number of carboxylic acid groups (broad SMARTS) is 1. The summed E-state index contributed by atoms with van der Waals surface area (Å²) < 4.78 is 0. The molecule has 0 radical (unpaired) electrons. The van der Waals surface area contributed by atoms with E-state index in [1.807, 2.05) is 25.3 Å². The van der Waals surface area contributed by atoms with Crippen molar-refractivity contribution in [2.24, 2.45) is 0 Å². The van der Waals surface area contributed by atoms with Crippen molar-refractivity contribution in [1.82, 2.24) is 15.3 Å². The lowest BCUT2D eigenvalue weighted by Crippen LogP contribution is -2.36. The number of rotatable bonds is 8. The minimum absolute atomic E-state index is 0.457. The Bertz CT molecular complexity index is 397. The highest BCUT2D eigenvalue weighted by atomic mass is 32.2. The first-order valence-corrected chi connectivity index (χ1v) is 7.37. The molecule has 0 amide bonds. The van der Waals surface area contributed by atoms with Crippen molar-refractivity contribution in [3.8, 4) is 0 Å². The van der Waals surface area contributed by atoms with Crippen LogP contribution in [-0.4, -0.2) is 53.2 Å². The van der Waals surface area contributed by atoms with E-state index in [1.54, 1.807) is 24.2 Å². The van der Waals surface area contributed by atoms with Gasteiger partial charge in [-0.1, -0.05) is 0 Å². The molecule has 6 nitrogen and oxygen atoms in total. The number of hydrogen-bond donors (Lipinski definition) is 2. The van der Waals surface area contributed by atoms with E-state index >= 15 is 0 Å². The summed E-state index contributed by atoms with van der Waals surface area (Å²) in [7, 11) is 3.74. The zero-order chi connectivity index (χ0) is 14.3. The Labute approximate surface area is 117 Å². The van der Waals surface area contributed by atoms with Gasteiger partial charge in [0, 0.05) is 38.6 Å². The Hall–Kier alpha value is -1.34. The molecule has 1 aromatic heterocycles. The van der Waals surface area contributed by atoms with Crippen molar-refractivity contribution in [2.75, 3.05) is 31.0 Å².